The summed E-state index contributed by atoms with van der Waals surface area (Å²) in [6.45, 7) is 0.310. The molecule has 0 spiro atoms. The van der Waals surface area contributed by atoms with Gasteiger partial charge < -0.3 is 10.1 Å². The molecule has 0 fully saturated rings. The molecule has 0 saturated heterocycles. The first-order valence-electron chi connectivity index (χ1n) is 9.21. The van der Waals surface area contributed by atoms with Gasteiger partial charge in [-0.3, -0.25) is 4.79 Å². The number of fused-ring (bicyclic) bond motifs is 1. The predicted octanol–water partition coefficient (Wildman–Crippen LogP) is 4.98. The van der Waals surface area contributed by atoms with Crippen molar-refractivity contribution in [3.05, 3.63) is 95.8 Å². The number of amides is 1. The lowest BCUT2D eigenvalue weighted by atomic mass is 10.0. The number of aromatic nitrogens is 1. The van der Waals surface area contributed by atoms with Crippen LogP contribution in [-0.4, -0.2) is 18.0 Å². The molecule has 1 aromatic heterocycles. The van der Waals surface area contributed by atoms with Crippen molar-refractivity contribution in [3.8, 4) is 17.0 Å². The van der Waals surface area contributed by atoms with Gasteiger partial charge in [-0.2, -0.15) is 0 Å². The molecule has 0 saturated carbocycles. The summed E-state index contributed by atoms with van der Waals surface area (Å²) in [5.74, 6) is 0.208. The zero-order chi connectivity index (χ0) is 20.2. The van der Waals surface area contributed by atoms with E-state index < -0.39 is 0 Å². The van der Waals surface area contributed by atoms with Crippen LogP contribution in [0.5, 0.6) is 5.75 Å². The summed E-state index contributed by atoms with van der Waals surface area (Å²) in [7, 11) is 1.61. The third-order valence-electron chi connectivity index (χ3n) is 4.69. The van der Waals surface area contributed by atoms with Gasteiger partial charge in [-0.05, 0) is 42.0 Å². The maximum absolute atomic E-state index is 13.1. The van der Waals surface area contributed by atoms with Crippen LogP contribution in [-0.2, 0) is 6.54 Å². The molecule has 4 rings (SSSR count). The zero-order valence-electron chi connectivity index (χ0n) is 15.9. The Labute approximate surface area is 168 Å². The third kappa shape index (κ3) is 4.09. The fraction of sp³-hybridized carbons (Fsp3) is 0.0833. The van der Waals surface area contributed by atoms with Gasteiger partial charge in [0, 0.05) is 17.5 Å². The smallest absolute Gasteiger partial charge is 0.252 e. The number of ether oxygens (including phenoxy) is 1. The largest absolute Gasteiger partial charge is 0.497 e. The molecule has 144 valence electrons. The van der Waals surface area contributed by atoms with E-state index in [-0.39, 0.29) is 11.7 Å². The van der Waals surface area contributed by atoms with E-state index in [0.717, 1.165) is 27.8 Å². The van der Waals surface area contributed by atoms with Crippen molar-refractivity contribution in [1.82, 2.24) is 10.3 Å². The molecule has 4 nitrogen and oxygen atoms in total. The van der Waals surface area contributed by atoms with E-state index >= 15 is 0 Å². The quantitative estimate of drug-likeness (QED) is 0.526. The number of carbonyl (C=O) groups excluding carboxylic acids is 1. The molecule has 0 aliphatic rings. The van der Waals surface area contributed by atoms with Crippen molar-refractivity contribution < 1.29 is 13.9 Å². The number of hydrogen-bond donors (Lipinski definition) is 1. The minimum atomic E-state index is -0.303. The first-order chi connectivity index (χ1) is 14.1. The van der Waals surface area contributed by atoms with Crippen LogP contribution >= 0.6 is 0 Å². The average Bonchev–Trinajstić information content (AvgIpc) is 2.77. The number of nitrogens with zero attached hydrogens (tertiary/aromatic N) is 1. The minimum absolute atomic E-state index is 0.211. The second-order valence-electron chi connectivity index (χ2n) is 6.61. The highest BCUT2D eigenvalue weighted by Gasteiger charge is 2.14. The number of pyridine rings is 1. The molecule has 29 heavy (non-hydrogen) atoms. The van der Waals surface area contributed by atoms with E-state index in [1.54, 1.807) is 25.3 Å². The van der Waals surface area contributed by atoms with E-state index in [9.17, 15) is 9.18 Å². The summed E-state index contributed by atoms with van der Waals surface area (Å²) in [6.07, 6.45) is 0. The molecule has 5 heteroatoms. The van der Waals surface area contributed by atoms with Gasteiger partial charge in [-0.15, -0.1) is 0 Å². The van der Waals surface area contributed by atoms with Crippen LogP contribution in [0.1, 0.15) is 15.9 Å². The summed E-state index contributed by atoms with van der Waals surface area (Å²) in [5.41, 5.74) is 3.65. The molecule has 1 N–H and O–H groups in total. The van der Waals surface area contributed by atoms with Crippen LogP contribution in [0, 0.1) is 5.82 Å². The second-order valence-corrected chi connectivity index (χ2v) is 6.61. The highest BCUT2D eigenvalue weighted by atomic mass is 19.1. The van der Waals surface area contributed by atoms with Gasteiger partial charge in [0.05, 0.1) is 23.9 Å². The molecule has 0 bridgehead atoms. The maximum atomic E-state index is 13.1. The van der Waals surface area contributed by atoms with Crippen LogP contribution in [0.3, 0.4) is 0 Å². The SMILES string of the molecule is COc1cccc(-c2cc(C(=O)NCc3ccc(F)cc3)c3ccccc3n2)c1. The number of para-hydroxylation sites is 1. The molecule has 0 aliphatic carbocycles. The number of benzene rings is 3. The number of rotatable bonds is 5. The molecule has 0 aliphatic heterocycles. The molecule has 0 radical (unpaired) electrons. The number of nitrogens with one attached hydrogen (secondary N) is 1. The summed E-state index contributed by atoms with van der Waals surface area (Å²) in [4.78, 5) is 17.7. The lowest BCUT2D eigenvalue weighted by Crippen LogP contribution is -2.23. The normalized spacial score (nSPS) is 10.7. The molecule has 1 amide bonds. The Morgan fingerprint density at radius 2 is 1.79 bits per heavy atom. The Hall–Kier alpha value is -3.73. The van der Waals surface area contributed by atoms with Gasteiger partial charge in [-0.25, -0.2) is 9.37 Å². The Morgan fingerprint density at radius 3 is 2.59 bits per heavy atom. The number of halogens is 1. The summed E-state index contributed by atoms with van der Waals surface area (Å²) < 4.78 is 18.4. The zero-order valence-corrected chi connectivity index (χ0v) is 15.9. The second kappa shape index (κ2) is 8.10. The van der Waals surface area contributed by atoms with Crippen LogP contribution in [0.25, 0.3) is 22.2 Å². The monoisotopic (exact) mass is 386 g/mol. The van der Waals surface area contributed by atoms with Crippen LogP contribution in [0.2, 0.25) is 0 Å². The van der Waals surface area contributed by atoms with Crippen molar-refractivity contribution in [1.29, 1.82) is 0 Å². The molecule has 0 unspecified atom stereocenters. The lowest BCUT2D eigenvalue weighted by molar-refractivity contribution is 0.0952. The van der Waals surface area contributed by atoms with E-state index in [4.69, 9.17) is 9.72 Å². The molecular weight excluding hydrogens is 367 g/mol. The molecule has 3 aromatic carbocycles. The number of methoxy groups -OCH3 is 1. The molecule has 0 atom stereocenters. The van der Waals surface area contributed by atoms with E-state index in [1.807, 2.05) is 48.5 Å². The van der Waals surface area contributed by atoms with Crippen LogP contribution in [0.15, 0.2) is 78.9 Å². The van der Waals surface area contributed by atoms with Gasteiger partial charge in [0.25, 0.3) is 5.91 Å². The van der Waals surface area contributed by atoms with Crippen molar-refractivity contribution >= 4 is 16.8 Å². The van der Waals surface area contributed by atoms with Gasteiger partial charge in [0.1, 0.15) is 11.6 Å². The van der Waals surface area contributed by atoms with Crippen molar-refractivity contribution in [2.45, 2.75) is 6.54 Å². The Morgan fingerprint density at radius 1 is 1.00 bits per heavy atom. The molecular formula is C24H19FN2O2. The van der Waals surface area contributed by atoms with Gasteiger partial charge >= 0.3 is 0 Å². The lowest BCUT2D eigenvalue weighted by Gasteiger charge is -2.11. The van der Waals surface area contributed by atoms with Crippen LogP contribution < -0.4 is 10.1 Å². The maximum Gasteiger partial charge on any atom is 0.252 e. The van der Waals surface area contributed by atoms with E-state index in [0.29, 0.717) is 17.8 Å². The minimum Gasteiger partial charge on any atom is -0.497 e. The van der Waals surface area contributed by atoms with Gasteiger partial charge in [0.15, 0.2) is 0 Å². The van der Waals surface area contributed by atoms with Crippen molar-refractivity contribution in [3.63, 3.8) is 0 Å². The third-order valence-corrected chi connectivity index (χ3v) is 4.69. The summed E-state index contributed by atoms with van der Waals surface area (Å²) in [5, 5.41) is 3.69. The van der Waals surface area contributed by atoms with Gasteiger partial charge in [-0.1, -0.05) is 42.5 Å². The fourth-order valence-electron chi connectivity index (χ4n) is 3.17. The molecule has 1 heterocycles. The van der Waals surface area contributed by atoms with Gasteiger partial charge in [0.2, 0.25) is 0 Å². The van der Waals surface area contributed by atoms with E-state index in [2.05, 4.69) is 5.32 Å². The first-order valence-corrected chi connectivity index (χ1v) is 9.21. The Kier molecular flexibility index (Phi) is 5.20. The van der Waals surface area contributed by atoms with Crippen molar-refractivity contribution in [2.24, 2.45) is 0 Å². The highest BCUT2D eigenvalue weighted by molar-refractivity contribution is 6.07. The summed E-state index contributed by atoms with van der Waals surface area (Å²) >= 11 is 0. The number of carbonyl (C=O) groups is 1. The standard InChI is InChI=1S/C24H19FN2O2/c1-29-19-6-4-5-17(13-19)23-14-21(20-7-2-3-8-22(20)27-23)24(28)26-15-16-9-11-18(25)12-10-16/h2-14H,15H2,1H3,(H,26,28). The van der Waals surface area contributed by atoms with Crippen LogP contribution in [0.4, 0.5) is 4.39 Å². The fourth-order valence-corrected chi connectivity index (χ4v) is 3.17. The Balaban J connectivity index is 1.70. The van der Waals surface area contributed by atoms with Crippen molar-refractivity contribution in [2.75, 3.05) is 7.11 Å². The average molecular weight is 386 g/mol. The first kappa shape index (κ1) is 18.6. The van der Waals surface area contributed by atoms with E-state index in [1.165, 1.54) is 12.1 Å². The molecule has 4 aromatic rings. The number of hydrogen-bond acceptors (Lipinski definition) is 3. The predicted molar refractivity (Wildman–Crippen MR) is 111 cm³/mol. The Bertz CT molecular complexity index is 1170. The highest BCUT2D eigenvalue weighted by Crippen LogP contribution is 2.27. The topological polar surface area (TPSA) is 51.2 Å². The summed E-state index contributed by atoms with van der Waals surface area (Å²) in [6, 6.07) is 23.0.